The molecule has 14 nitrogen and oxygen atoms in total. The fourth-order valence-electron chi connectivity index (χ4n) is 8.47. The molecule has 5 aromatic carbocycles. The van der Waals surface area contributed by atoms with Crippen molar-refractivity contribution in [3.8, 4) is 0 Å². The number of esters is 5. The van der Waals surface area contributed by atoms with Gasteiger partial charge in [-0.25, -0.2) is 24.0 Å². The van der Waals surface area contributed by atoms with Crippen molar-refractivity contribution in [3.63, 3.8) is 0 Å². The monoisotopic (exact) mass is 898 g/mol. The van der Waals surface area contributed by atoms with Gasteiger partial charge in [-0.3, -0.25) is 0 Å². The molecule has 0 radical (unpaired) electrons. The smallest absolute Gasteiger partial charge is 0.339 e. The molecule has 1 spiro atoms. The summed E-state index contributed by atoms with van der Waals surface area (Å²) < 4.78 is 56.6. The van der Waals surface area contributed by atoms with Crippen LogP contribution in [0.3, 0.4) is 0 Å². The van der Waals surface area contributed by atoms with E-state index in [1.807, 2.05) is 60.7 Å². The van der Waals surface area contributed by atoms with E-state index >= 15 is 0 Å². The standard InChI is InChI=1S/C52H50O14/c1-58-50(56)45-46(66-52(65-45)30-18-7-19-31-52)51(57)64-44-42(62-48(54)37-26-14-5-15-27-37)39(59-32-34-20-8-2-9-21-34)41(61-47(53)36-24-12-4-13-25-36)40(60-33-35-22-10-3-11-23-35)43(44)63-49(55)38-28-16-6-17-29-38/h2-6,8-17,20-29,39-46H,7,18-19,30-33H2,1H3/t39-,40-,41?,42-,43+,44?,45-,46-/m0/s1. The topological polar surface area (TPSA) is 168 Å². The Hall–Kier alpha value is -6.71. The summed E-state index contributed by atoms with van der Waals surface area (Å²) in [7, 11) is 1.17. The third-order valence-electron chi connectivity index (χ3n) is 11.8. The molecule has 0 N–H and O–H groups in total. The van der Waals surface area contributed by atoms with E-state index in [9.17, 15) is 24.0 Å². The van der Waals surface area contributed by atoms with Crippen LogP contribution in [0.2, 0.25) is 0 Å². The van der Waals surface area contributed by atoms with Gasteiger partial charge in [0, 0.05) is 12.8 Å². The molecule has 2 aliphatic carbocycles. The van der Waals surface area contributed by atoms with E-state index in [1.165, 1.54) is 31.4 Å². The zero-order valence-electron chi connectivity index (χ0n) is 36.2. The molecule has 8 rings (SSSR count). The third-order valence-corrected chi connectivity index (χ3v) is 11.8. The average molecular weight is 899 g/mol. The zero-order valence-corrected chi connectivity index (χ0v) is 36.2. The van der Waals surface area contributed by atoms with Crippen molar-refractivity contribution in [2.75, 3.05) is 7.11 Å². The van der Waals surface area contributed by atoms with E-state index in [-0.39, 0.29) is 29.9 Å². The lowest BCUT2D eigenvalue weighted by Crippen LogP contribution is -2.69. The second-order valence-electron chi connectivity index (χ2n) is 16.2. The minimum atomic E-state index is -1.77. The largest absolute Gasteiger partial charge is 0.467 e. The van der Waals surface area contributed by atoms with E-state index < -0.39 is 84.5 Å². The number of carbonyl (C=O) groups excluding carboxylic acids is 5. The van der Waals surface area contributed by atoms with Gasteiger partial charge in [0.05, 0.1) is 37.0 Å². The minimum absolute atomic E-state index is 0.114. The van der Waals surface area contributed by atoms with Crippen molar-refractivity contribution < 1.29 is 66.6 Å². The Morgan fingerprint density at radius 3 is 1.15 bits per heavy atom. The molecule has 2 saturated carbocycles. The van der Waals surface area contributed by atoms with Crippen molar-refractivity contribution >= 4 is 29.8 Å². The van der Waals surface area contributed by atoms with Crippen LogP contribution in [-0.4, -0.2) is 91.6 Å². The summed E-state index contributed by atoms with van der Waals surface area (Å²) in [5.74, 6) is -5.78. The summed E-state index contributed by atoms with van der Waals surface area (Å²) in [6.45, 7) is -0.228. The van der Waals surface area contributed by atoms with Gasteiger partial charge in [-0.2, -0.15) is 0 Å². The Morgan fingerprint density at radius 2 is 0.773 bits per heavy atom. The summed E-state index contributed by atoms with van der Waals surface area (Å²) in [6, 6.07) is 42.6. The maximum atomic E-state index is 14.9. The molecule has 2 unspecified atom stereocenters. The Balaban J connectivity index is 1.28. The van der Waals surface area contributed by atoms with Gasteiger partial charge in [-0.1, -0.05) is 122 Å². The third kappa shape index (κ3) is 10.9. The molecule has 0 bridgehead atoms. The molecule has 8 atom stereocenters. The van der Waals surface area contributed by atoms with E-state index in [2.05, 4.69) is 0 Å². The van der Waals surface area contributed by atoms with Crippen molar-refractivity contribution in [1.82, 2.24) is 0 Å². The molecule has 0 amide bonds. The van der Waals surface area contributed by atoms with Gasteiger partial charge >= 0.3 is 29.8 Å². The van der Waals surface area contributed by atoms with Crippen LogP contribution >= 0.6 is 0 Å². The summed E-state index contributed by atoms with van der Waals surface area (Å²) in [5.41, 5.74) is 1.82. The van der Waals surface area contributed by atoms with E-state index in [0.29, 0.717) is 24.0 Å². The summed E-state index contributed by atoms with van der Waals surface area (Å²) in [4.78, 5) is 71.1. The van der Waals surface area contributed by atoms with Crippen LogP contribution in [0.15, 0.2) is 152 Å². The highest BCUT2D eigenvalue weighted by molar-refractivity contribution is 5.91. The van der Waals surface area contributed by atoms with Crippen LogP contribution in [0.25, 0.3) is 0 Å². The highest BCUT2D eigenvalue weighted by Gasteiger charge is 2.61. The van der Waals surface area contributed by atoms with Crippen LogP contribution in [0, 0.1) is 0 Å². The highest BCUT2D eigenvalue weighted by Crippen LogP contribution is 2.42. The van der Waals surface area contributed by atoms with E-state index in [4.69, 9.17) is 42.6 Å². The van der Waals surface area contributed by atoms with Crippen LogP contribution in [0.5, 0.6) is 0 Å². The Bertz CT molecular complexity index is 2280. The molecular weight excluding hydrogens is 849 g/mol. The number of ether oxygens (including phenoxy) is 9. The lowest BCUT2D eigenvalue weighted by Gasteiger charge is -2.48. The maximum Gasteiger partial charge on any atom is 0.339 e. The highest BCUT2D eigenvalue weighted by atomic mass is 16.8. The number of rotatable bonds is 15. The van der Waals surface area contributed by atoms with Gasteiger partial charge in [0.15, 0.2) is 42.4 Å². The SMILES string of the molecule is COC(=O)[C@H]1OC2(CCCCC2)O[C@@H]1C(=O)OC1[C@@H](OC(=O)c2ccccc2)[C@@H](OCc2ccccc2)C(OC(=O)c2ccccc2)[C@H](OCc2ccccc2)[C@H]1OC(=O)c1ccccc1. The first kappa shape index (κ1) is 45.8. The quantitative estimate of drug-likeness (QED) is 0.0754. The second-order valence-corrected chi connectivity index (χ2v) is 16.2. The van der Waals surface area contributed by atoms with Crippen molar-refractivity contribution in [2.45, 2.75) is 99.9 Å². The van der Waals surface area contributed by atoms with Crippen LogP contribution < -0.4 is 0 Å². The predicted molar refractivity (Wildman–Crippen MR) is 234 cm³/mol. The molecule has 342 valence electrons. The molecule has 3 aliphatic rings. The number of hydrogen-bond donors (Lipinski definition) is 0. The first-order valence-electron chi connectivity index (χ1n) is 21.9. The fraction of sp³-hybridized carbons (Fsp3) is 0.327. The Kier molecular flexibility index (Phi) is 14.9. The molecule has 1 heterocycles. The van der Waals surface area contributed by atoms with Crippen molar-refractivity contribution in [3.05, 3.63) is 179 Å². The second kappa shape index (κ2) is 21.5. The lowest BCUT2D eigenvalue weighted by molar-refractivity contribution is -0.258. The maximum absolute atomic E-state index is 14.9. The minimum Gasteiger partial charge on any atom is -0.467 e. The molecule has 1 aliphatic heterocycles. The van der Waals surface area contributed by atoms with Crippen molar-refractivity contribution in [2.24, 2.45) is 0 Å². The van der Waals surface area contributed by atoms with Gasteiger partial charge in [-0.05, 0) is 60.4 Å². The number of carbonyl (C=O) groups is 5. The zero-order chi connectivity index (χ0) is 45.9. The van der Waals surface area contributed by atoms with Crippen LogP contribution in [0.4, 0.5) is 0 Å². The van der Waals surface area contributed by atoms with Crippen LogP contribution in [0.1, 0.15) is 74.3 Å². The van der Waals surface area contributed by atoms with Gasteiger partial charge in [0.1, 0.15) is 12.2 Å². The Morgan fingerprint density at radius 1 is 0.439 bits per heavy atom. The van der Waals surface area contributed by atoms with Gasteiger partial charge in [0.2, 0.25) is 0 Å². The summed E-state index contributed by atoms with van der Waals surface area (Å²) in [5, 5.41) is 0. The molecule has 5 aromatic rings. The number of hydrogen-bond acceptors (Lipinski definition) is 14. The number of methoxy groups -OCH3 is 1. The van der Waals surface area contributed by atoms with Crippen molar-refractivity contribution in [1.29, 1.82) is 0 Å². The normalized spacial score (nSPS) is 24.4. The molecule has 0 aromatic heterocycles. The lowest BCUT2D eigenvalue weighted by atomic mass is 9.83. The van der Waals surface area contributed by atoms with E-state index in [1.54, 1.807) is 66.7 Å². The van der Waals surface area contributed by atoms with E-state index in [0.717, 1.165) is 19.3 Å². The average Bonchev–Trinajstić information content (AvgIpc) is 3.74. The number of benzene rings is 5. The summed E-state index contributed by atoms with van der Waals surface area (Å²) >= 11 is 0. The molecule has 14 heteroatoms. The van der Waals surface area contributed by atoms with Gasteiger partial charge < -0.3 is 42.6 Å². The summed E-state index contributed by atoms with van der Waals surface area (Å²) in [6.07, 6.45) is -9.65. The van der Waals surface area contributed by atoms with Crippen LogP contribution in [-0.2, 0) is 65.4 Å². The fourth-order valence-corrected chi connectivity index (χ4v) is 8.47. The van der Waals surface area contributed by atoms with Gasteiger partial charge in [0.25, 0.3) is 0 Å². The first-order chi connectivity index (χ1) is 32.2. The molecule has 1 saturated heterocycles. The molecular formula is C52H50O14. The molecule has 66 heavy (non-hydrogen) atoms. The Labute approximate surface area is 382 Å². The van der Waals surface area contributed by atoms with Gasteiger partial charge in [-0.15, -0.1) is 0 Å². The predicted octanol–water partition coefficient (Wildman–Crippen LogP) is 7.38. The molecule has 3 fully saturated rings. The first-order valence-corrected chi connectivity index (χ1v) is 21.9.